The van der Waals surface area contributed by atoms with Crippen molar-refractivity contribution < 1.29 is 23.9 Å². The molecule has 1 amide bonds. The molecule has 27 heavy (non-hydrogen) atoms. The van der Waals surface area contributed by atoms with E-state index >= 15 is 0 Å². The van der Waals surface area contributed by atoms with Crippen molar-refractivity contribution in [2.75, 3.05) is 25.6 Å². The first kappa shape index (κ1) is 22.3. The van der Waals surface area contributed by atoms with Gasteiger partial charge in [0.2, 0.25) is 0 Å². The molecule has 3 N–H and O–H groups in total. The predicted molar refractivity (Wildman–Crippen MR) is 113 cm³/mol. The van der Waals surface area contributed by atoms with E-state index < -0.39 is 17.8 Å². The Labute approximate surface area is 182 Å². The largest absolute Gasteiger partial charge is 0.394 e. The number of nitrogens with one attached hydrogen (secondary N) is 2. The van der Waals surface area contributed by atoms with E-state index in [1.807, 2.05) is 6.07 Å². The van der Waals surface area contributed by atoms with Gasteiger partial charge in [-0.3, -0.25) is 9.63 Å². The normalized spacial score (nSPS) is 11.9. The van der Waals surface area contributed by atoms with Crippen LogP contribution in [0.5, 0.6) is 0 Å². The Hall–Kier alpha value is -0.980. The summed E-state index contributed by atoms with van der Waals surface area (Å²) in [6, 6.07) is 7.80. The number of aliphatic hydroxyl groups is 1. The molecular weight excluding hydrogens is 557 g/mol. The van der Waals surface area contributed by atoms with Crippen LogP contribution >= 0.6 is 50.1 Å². The molecule has 0 saturated heterocycles. The van der Waals surface area contributed by atoms with Crippen molar-refractivity contribution >= 4 is 67.4 Å². The lowest BCUT2D eigenvalue weighted by molar-refractivity contribution is -0.0469. The summed E-state index contributed by atoms with van der Waals surface area (Å²) >= 11 is 11.4. The Morgan fingerprint density at radius 1 is 1.37 bits per heavy atom. The smallest absolute Gasteiger partial charge is 0.276 e. The SMILES string of the molecule is COC(CO)CONC(=O)c1cc(Br)c(F)cc1Nc1ccc(I)cc1Cl. The number of methoxy groups -OCH3 is 1. The van der Waals surface area contributed by atoms with Gasteiger partial charge in [-0.2, -0.15) is 0 Å². The second kappa shape index (κ2) is 10.5. The Bertz CT molecular complexity index is 824. The van der Waals surface area contributed by atoms with E-state index in [-0.39, 0.29) is 28.9 Å². The van der Waals surface area contributed by atoms with Crippen molar-refractivity contribution in [3.63, 3.8) is 0 Å². The molecule has 0 fully saturated rings. The van der Waals surface area contributed by atoms with Gasteiger partial charge in [0.1, 0.15) is 18.5 Å². The molecule has 0 spiro atoms. The van der Waals surface area contributed by atoms with Gasteiger partial charge in [-0.05, 0) is 68.9 Å². The van der Waals surface area contributed by atoms with Gasteiger partial charge < -0.3 is 15.2 Å². The quantitative estimate of drug-likeness (QED) is 0.325. The van der Waals surface area contributed by atoms with Crippen molar-refractivity contribution in [3.8, 4) is 0 Å². The van der Waals surface area contributed by atoms with E-state index in [9.17, 15) is 9.18 Å². The van der Waals surface area contributed by atoms with Gasteiger partial charge in [0.15, 0.2) is 0 Å². The van der Waals surface area contributed by atoms with Crippen molar-refractivity contribution in [1.82, 2.24) is 5.48 Å². The molecule has 10 heteroatoms. The van der Waals surface area contributed by atoms with Gasteiger partial charge in [0.25, 0.3) is 5.91 Å². The standard InChI is InChI=1S/C17H16BrClFIN2O4/c1-26-10(7-24)8-27-23-17(25)11-5-12(18)14(20)6-16(11)22-15-3-2-9(21)4-13(15)19/h2-6,10,22,24H,7-8H2,1H3,(H,23,25). The summed E-state index contributed by atoms with van der Waals surface area (Å²) in [6.07, 6.45) is -0.576. The average molecular weight is 574 g/mol. The van der Waals surface area contributed by atoms with Crippen molar-refractivity contribution in [2.24, 2.45) is 0 Å². The number of aliphatic hydroxyl groups excluding tert-OH is 1. The first-order valence-electron chi connectivity index (χ1n) is 7.62. The summed E-state index contributed by atoms with van der Waals surface area (Å²) in [7, 11) is 1.41. The van der Waals surface area contributed by atoms with Crippen LogP contribution in [0, 0.1) is 9.39 Å². The molecule has 1 atom stereocenters. The highest BCUT2D eigenvalue weighted by Gasteiger charge is 2.17. The zero-order valence-electron chi connectivity index (χ0n) is 14.1. The number of hydroxylamine groups is 1. The zero-order valence-corrected chi connectivity index (χ0v) is 18.6. The summed E-state index contributed by atoms with van der Waals surface area (Å²) in [5.41, 5.74) is 3.12. The molecule has 0 aliphatic carbocycles. The fourth-order valence-corrected chi connectivity index (χ4v) is 3.27. The number of carbonyl (C=O) groups excluding carboxylic acids is 1. The van der Waals surface area contributed by atoms with Crippen molar-refractivity contribution in [1.29, 1.82) is 0 Å². The van der Waals surface area contributed by atoms with E-state index in [1.165, 1.54) is 19.2 Å². The van der Waals surface area contributed by atoms with E-state index in [0.29, 0.717) is 10.7 Å². The Balaban J connectivity index is 2.22. The van der Waals surface area contributed by atoms with Crippen LogP contribution in [0.3, 0.4) is 0 Å². The number of anilines is 2. The predicted octanol–water partition coefficient (Wildman–Crippen LogP) is 4.26. The maximum Gasteiger partial charge on any atom is 0.276 e. The van der Waals surface area contributed by atoms with Crippen LogP contribution in [0.25, 0.3) is 0 Å². The Morgan fingerprint density at radius 2 is 2.11 bits per heavy atom. The highest BCUT2D eigenvalue weighted by Crippen LogP contribution is 2.31. The maximum atomic E-state index is 14.0. The third-order valence-corrected chi connectivity index (χ3v) is 5.07. The lowest BCUT2D eigenvalue weighted by atomic mass is 10.1. The minimum Gasteiger partial charge on any atom is -0.394 e. The third kappa shape index (κ3) is 6.26. The molecule has 2 aromatic carbocycles. The minimum absolute atomic E-state index is 0.0488. The van der Waals surface area contributed by atoms with E-state index in [2.05, 4.69) is 49.3 Å². The van der Waals surface area contributed by atoms with Crippen molar-refractivity contribution in [3.05, 3.63) is 54.8 Å². The summed E-state index contributed by atoms with van der Waals surface area (Å²) in [5.74, 6) is -1.15. The van der Waals surface area contributed by atoms with Crippen molar-refractivity contribution in [2.45, 2.75) is 6.10 Å². The molecule has 0 aromatic heterocycles. The van der Waals surface area contributed by atoms with Gasteiger partial charge in [0.05, 0.1) is 33.0 Å². The van der Waals surface area contributed by atoms with Crippen LogP contribution < -0.4 is 10.8 Å². The Morgan fingerprint density at radius 3 is 2.74 bits per heavy atom. The number of ether oxygens (including phenoxy) is 1. The molecule has 6 nitrogen and oxygen atoms in total. The molecule has 1 unspecified atom stereocenters. The molecule has 2 rings (SSSR count). The summed E-state index contributed by atoms with van der Waals surface area (Å²) < 4.78 is 20.0. The molecule has 0 radical (unpaired) electrons. The van der Waals surface area contributed by atoms with Crippen LogP contribution in [0.1, 0.15) is 10.4 Å². The highest BCUT2D eigenvalue weighted by molar-refractivity contribution is 14.1. The van der Waals surface area contributed by atoms with Crippen LogP contribution in [0.4, 0.5) is 15.8 Å². The fourth-order valence-electron chi connectivity index (χ4n) is 2.02. The lowest BCUT2D eigenvalue weighted by Gasteiger charge is -2.16. The van der Waals surface area contributed by atoms with E-state index in [1.54, 1.807) is 12.1 Å². The summed E-state index contributed by atoms with van der Waals surface area (Å²) in [6.45, 7) is -0.306. The molecule has 0 heterocycles. The number of rotatable bonds is 8. The molecule has 146 valence electrons. The Kier molecular flexibility index (Phi) is 8.70. The number of carbonyl (C=O) groups is 1. The monoisotopic (exact) mass is 572 g/mol. The van der Waals surface area contributed by atoms with Crippen LogP contribution in [0.2, 0.25) is 5.02 Å². The number of hydrogen-bond donors (Lipinski definition) is 3. The van der Waals surface area contributed by atoms with Gasteiger partial charge >= 0.3 is 0 Å². The second-order valence-corrected chi connectivity index (χ2v) is 7.85. The lowest BCUT2D eigenvalue weighted by Crippen LogP contribution is -2.31. The molecule has 0 saturated carbocycles. The molecule has 0 aliphatic heterocycles. The number of hydrogen-bond acceptors (Lipinski definition) is 5. The maximum absolute atomic E-state index is 14.0. The van der Waals surface area contributed by atoms with Gasteiger partial charge in [-0.15, -0.1) is 0 Å². The molecule has 2 aromatic rings. The number of amides is 1. The second-order valence-electron chi connectivity index (χ2n) is 5.34. The first-order valence-corrected chi connectivity index (χ1v) is 9.87. The fraction of sp³-hybridized carbons (Fsp3) is 0.235. The van der Waals surface area contributed by atoms with Crippen LogP contribution in [0.15, 0.2) is 34.8 Å². The summed E-state index contributed by atoms with van der Waals surface area (Å²) in [4.78, 5) is 17.5. The zero-order chi connectivity index (χ0) is 20.0. The van der Waals surface area contributed by atoms with Crippen LogP contribution in [-0.4, -0.2) is 37.4 Å². The average Bonchev–Trinajstić information content (AvgIpc) is 2.63. The number of halogens is 4. The summed E-state index contributed by atoms with van der Waals surface area (Å²) in [5, 5.41) is 12.4. The first-order chi connectivity index (χ1) is 12.8. The van der Waals surface area contributed by atoms with Gasteiger partial charge in [0, 0.05) is 10.7 Å². The van der Waals surface area contributed by atoms with Gasteiger partial charge in [-0.25, -0.2) is 9.87 Å². The highest BCUT2D eigenvalue weighted by atomic mass is 127. The topological polar surface area (TPSA) is 79.8 Å². The van der Waals surface area contributed by atoms with E-state index in [4.69, 9.17) is 26.3 Å². The molecular formula is C17H16BrClFIN2O4. The van der Waals surface area contributed by atoms with E-state index in [0.717, 1.165) is 3.57 Å². The number of benzene rings is 2. The van der Waals surface area contributed by atoms with Crippen LogP contribution in [-0.2, 0) is 9.57 Å². The van der Waals surface area contributed by atoms with Gasteiger partial charge in [-0.1, -0.05) is 11.6 Å². The third-order valence-electron chi connectivity index (χ3n) is 3.48. The molecule has 0 bridgehead atoms. The minimum atomic E-state index is -0.604. The molecule has 0 aliphatic rings.